The smallest absolute Gasteiger partial charge is 0.330 e. The number of H-pyrrole nitrogens is 1. The van der Waals surface area contributed by atoms with Gasteiger partial charge in [0.2, 0.25) is 5.43 Å². The van der Waals surface area contributed by atoms with Gasteiger partial charge in [0, 0.05) is 22.2 Å². The maximum absolute atomic E-state index is 13.3. The molecule has 1 aliphatic carbocycles. The van der Waals surface area contributed by atoms with Crippen LogP contribution in [-0.4, -0.2) is 21.2 Å². The summed E-state index contributed by atoms with van der Waals surface area (Å²) in [5, 5.41) is 19.7. The predicted molar refractivity (Wildman–Crippen MR) is 85.2 cm³/mol. The van der Waals surface area contributed by atoms with Gasteiger partial charge >= 0.3 is 5.97 Å². The highest BCUT2D eigenvalue weighted by atomic mass is 19.2. The molecule has 1 aliphatic heterocycles. The van der Waals surface area contributed by atoms with Crippen LogP contribution in [0.1, 0.15) is 5.56 Å². The van der Waals surface area contributed by atoms with Crippen LogP contribution < -0.4 is 16.0 Å². The van der Waals surface area contributed by atoms with E-state index in [0.717, 1.165) is 24.3 Å². The molecular formula is C18H11F2NO4. The van der Waals surface area contributed by atoms with Crippen LogP contribution in [0.4, 0.5) is 8.78 Å². The van der Waals surface area contributed by atoms with Crippen LogP contribution in [0, 0.1) is 22.2 Å². The van der Waals surface area contributed by atoms with E-state index in [9.17, 15) is 23.5 Å². The summed E-state index contributed by atoms with van der Waals surface area (Å²) < 4.78 is 26.4. The average Bonchev–Trinajstić information content (AvgIpc) is 2.57. The van der Waals surface area contributed by atoms with Crippen molar-refractivity contribution < 1.29 is 23.8 Å². The van der Waals surface area contributed by atoms with E-state index >= 15 is 0 Å². The number of carbonyl (C=O) groups is 1. The van der Waals surface area contributed by atoms with Crippen LogP contribution in [0.25, 0.3) is 11.8 Å². The highest BCUT2D eigenvalue weighted by Crippen LogP contribution is 2.13. The van der Waals surface area contributed by atoms with E-state index in [2.05, 4.69) is 4.98 Å². The molecule has 0 bridgehead atoms. The first kappa shape index (κ1) is 16.4. The molecule has 0 saturated heterocycles. The molecule has 0 radical (unpaired) electrons. The molecule has 1 aromatic rings. The lowest BCUT2D eigenvalue weighted by atomic mass is 10.1. The number of benzene rings is 1. The normalized spacial score (nSPS) is 13.1. The number of hydrogen-bond donors (Lipinski definition) is 3. The van der Waals surface area contributed by atoms with Gasteiger partial charge in [0.1, 0.15) is 5.76 Å². The summed E-state index contributed by atoms with van der Waals surface area (Å²) in [6, 6.07) is 8.73. The minimum Gasteiger partial charge on any atom is -0.507 e. The summed E-state index contributed by atoms with van der Waals surface area (Å²) in [7, 11) is 0. The van der Waals surface area contributed by atoms with Crippen LogP contribution in [0.3, 0.4) is 0 Å². The number of aliphatic hydroxyl groups is 1. The van der Waals surface area contributed by atoms with Gasteiger partial charge < -0.3 is 15.2 Å². The van der Waals surface area contributed by atoms with Gasteiger partial charge in [-0.3, -0.25) is 4.79 Å². The number of carboxylic acid groups (broad SMARTS) is 1. The SMILES string of the molecule is O=C(O)/C=c1/ccc2cc/c(=C(/O)c3ccc(F)c(F)c3)c(=O)c=2[nH]1. The van der Waals surface area contributed by atoms with Crippen molar-refractivity contribution >= 4 is 17.8 Å². The second-order valence-corrected chi connectivity index (χ2v) is 5.28. The Kier molecular flexibility index (Phi) is 4.06. The van der Waals surface area contributed by atoms with Gasteiger partial charge in [-0.05, 0) is 30.3 Å². The van der Waals surface area contributed by atoms with Gasteiger partial charge in [-0.15, -0.1) is 0 Å². The van der Waals surface area contributed by atoms with Gasteiger partial charge in [0.25, 0.3) is 0 Å². The molecule has 1 aromatic carbocycles. The number of aromatic amines is 1. The minimum absolute atomic E-state index is 0.0522. The lowest BCUT2D eigenvalue weighted by Gasteiger charge is -2.02. The largest absolute Gasteiger partial charge is 0.507 e. The maximum atomic E-state index is 13.3. The van der Waals surface area contributed by atoms with E-state index in [1.165, 1.54) is 12.1 Å². The maximum Gasteiger partial charge on any atom is 0.330 e. The molecule has 1 heterocycles. The summed E-state index contributed by atoms with van der Waals surface area (Å²) in [5.41, 5.74) is -0.649. The molecule has 0 aromatic heterocycles. The van der Waals surface area contributed by atoms with E-state index in [0.29, 0.717) is 5.22 Å². The second kappa shape index (κ2) is 6.20. The summed E-state index contributed by atoms with van der Waals surface area (Å²) in [6.07, 6.45) is 0.893. The van der Waals surface area contributed by atoms with Crippen LogP contribution >= 0.6 is 0 Å². The van der Waals surface area contributed by atoms with Gasteiger partial charge in [0.15, 0.2) is 11.6 Å². The monoisotopic (exact) mass is 343 g/mol. The van der Waals surface area contributed by atoms with Gasteiger partial charge in [-0.2, -0.15) is 0 Å². The van der Waals surface area contributed by atoms with Crippen molar-refractivity contribution in [2.45, 2.75) is 0 Å². The second-order valence-electron chi connectivity index (χ2n) is 5.28. The molecule has 3 rings (SSSR count). The Hall–Kier alpha value is -3.48. The predicted octanol–water partition coefficient (Wildman–Crippen LogP) is 0.957. The van der Waals surface area contributed by atoms with Gasteiger partial charge in [-0.1, -0.05) is 12.1 Å². The standard InChI is InChI=1S/C18H11F2NO4/c19-13-6-3-10(7-14(13)20)17(24)12-5-2-9-1-4-11(8-15(22)23)21-16(9)18(12)25/h1-8,21,24H,(H,22,23)/b11-8-,17-12-. The molecule has 0 unspecified atom stereocenters. The fraction of sp³-hybridized carbons (Fsp3) is 0. The van der Waals surface area contributed by atoms with E-state index in [1.807, 2.05) is 0 Å². The van der Waals surface area contributed by atoms with Crippen LogP contribution in [0.5, 0.6) is 0 Å². The molecule has 25 heavy (non-hydrogen) atoms. The summed E-state index contributed by atoms with van der Waals surface area (Å²) in [6.45, 7) is 0. The number of halogens is 2. The Bertz CT molecular complexity index is 1230. The molecule has 0 atom stereocenters. The van der Waals surface area contributed by atoms with Crippen molar-refractivity contribution in [3.05, 3.63) is 91.0 Å². The Balaban J connectivity index is 2.35. The van der Waals surface area contributed by atoms with Crippen molar-refractivity contribution in [1.29, 1.82) is 0 Å². The van der Waals surface area contributed by atoms with Gasteiger partial charge in [-0.25, -0.2) is 13.6 Å². The summed E-state index contributed by atoms with van der Waals surface area (Å²) >= 11 is 0. The zero-order valence-electron chi connectivity index (χ0n) is 12.6. The zero-order chi connectivity index (χ0) is 18.1. The zero-order valence-corrected chi connectivity index (χ0v) is 12.6. The Morgan fingerprint density at radius 3 is 2.40 bits per heavy atom. The first-order valence-electron chi connectivity index (χ1n) is 7.12. The topological polar surface area (TPSA) is 90.4 Å². The molecular weight excluding hydrogens is 332 g/mol. The van der Waals surface area contributed by atoms with Crippen molar-refractivity contribution in [3.8, 4) is 0 Å². The van der Waals surface area contributed by atoms with Crippen molar-refractivity contribution in [3.63, 3.8) is 0 Å². The third-order valence-electron chi connectivity index (χ3n) is 3.63. The Morgan fingerprint density at radius 1 is 1.00 bits per heavy atom. The number of aromatic nitrogens is 1. The highest BCUT2D eigenvalue weighted by Gasteiger charge is 2.08. The van der Waals surface area contributed by atoms with Crippen LogP contribution in [0.15, 0.2) is 47.3 Å². The van der Waals surface area contributed by atoms with Gasteiger partial charge in [0.05, 0.1) is 10.6 Å². The lowest BCUT2D eigenvalue weighted by Crippen LogP contribution is -2.30. The molecule has 126 valence electrons. The first-order valence-corrected chi connectivity index (χ1v) is 7.12. The summed E-state index contributed by atoms with van der Waals surface area (Å²) in [5.74, 6) is -3.91. The van der Waals surface area contributed by atoms with E-state index in [1.54, 1.807) is 12.1 Å². The molecule has 0 fully saturated rings. The summed E-state index contributed by atoms with van der Waals surface area (Å²) in [4.78, 5) is 26.0. The number of nitrogens with one attached hydrogen (secondary N) is 1. The van der Waals surface area contributed by atoms with Crippen molar-refractivity contribution in [2.75, 3.05) is 0 Å². The van der Waals surface area contributed by atoms with Crippen molar-refractivity contribution in [2.24, 2.45) is 0 Å². The number of aliphatic carboxylic acids is 1. The van der Waals surface area contributed by atoms with E-state index in [-0.39, 0.29) is 21.5 Å². The molecule has 0 spiro atoms. The number of hydrogen-bond acceptors (Lipinski definition) is 3. The fourth-order valence-electron chi connectivity index (χ4n) is 2.43. The van der Waals surface area contributed by atoms with Crippen molar-refractivity contribution in [1.82, 2.24) is 4.98 Å². The molecule has 2 aliphatic rings. The van der Waals surface area contributed by atoms with Crippen LogP contribution in [0.2, 0.25) is 0 Å². The minimum atomic E-state index is -1.18. The molecule has 3 N–H and O–H groups in total. The molecule has 7 heteroatoms. The average molecular weight is 343 g/mol. The van der Waals surface area contributed by atoms with E-state index < -0.39 is 28.8 Å². The lowest BCUT2D eigenvalue weighted by molar-refractivity contribution is -0.129. The molecule has 0 amide bonds. The first-order chi connectivity index (χ1) is 11.9. The number of aliphatic hydroxyl groups excluding tert-OH is 1. The Labute approximate surface area is 138 Å². The number of rotatable bonds is 2. The third-order valence-corrected chi connectivity index (χ3v) is 3.63. The fourth-order valence-corrected chi connectivity index (χ4v) is 2.43. The quantitative estimate of drug-likeness (QED) is 0.646. The molecule has 5 nitrogen and oxygen atoms in total. The Morgan fingerprint density at radius 2 is 1.72 bits per heavy atom. The van der Waals surface area contributed by atoms with E-state index in [4.69, 9.17) is 5.11 Å². The molecule has 0 saturated carbocycles. The number of carboxylic acids is 1. The van der Waals surface area contributed by atoms with Crippen LogP contribution in [-0.2, 0) is 4.79 Å². The highest BCUT2D eigenvalue weighted by molar-refractivity contribution is 5.97. The third kappa shape index (κ3) is 3.12.